The highest BCUT2D eigenvalue weighted by molar-refractivity contribution is 6.33. The summed E-state index contributed by atoms with van der Waals surface area (Å²) < 4.78 is 46.4. The van der Waals surface area contributed by atoms with Crippen LogP contribution >= 0.6 is 11.6 Å². The van der Waals surface area contributed by atoms with Crippen LogP contribution in [0.4, 0.5) is 18.9 Å². The van der Waals surface area contributed by atoms with Crippen LogP contribution in [0.3, 0.4) is 0 Å². The van der Waals surface area contributed by atoms with Crippen LogP contribution in [0.2, 0.25) is 5.02 Å². The molecule has 0 spiro atoms. The summed E-state index contributed by atoms with van der Waals surface area (Å²) >= 11 is 5.79. The van der Waals surface area contributed by atoms with Gasteiger partial charge in [-0.2, -0.15) is 0 Å². The Balaban J connectivity index is 1.71. The summed E-state index contributed by atoms with van der Waals surface area (Å²) in [6, 6.07) is 4.44. The van der Waals surface area contributed by atoms with Crippen LogP contribution in [0.5, 0.6) is 0 Å². The molecule has 0 unspecified atom stereocenters. The van der Waals surface area contributed by atoms with Crippen molar-refractivity contribution >= 4 is 28.9 Å². The maximum Gasteiger partial charge on any atom is 0.271 e. The summed E-state index contributed by atoms with van der Waals surface area (Å²) in [6.45, 7) is 7.85. The lowest BCUT2D eigenvalue weighted by Crippen LogP contribution is -2.37. The smallest absolute Gasteiger partial charge is 0.271 e. The Bertz CT molecular complexity index is 962. The molecule has 0 bridgehead atoms. The van der Waals surface area contributed by atoms with E-state index in [9.17, 15) is 18.0 Å². The lowest BCUT2D eigenvalue weighted by atomic mass is 10.0. The van der Waals surface area contributed by atoms with Crippen LogP contribution in [-0.2, 0) is 4.74 Å². The molecule has 2 aromatic carbocycles. The first-order valence-corrected chi connectivity index (χ1v) is 9.18. The quantitative estimate of drug-likeness (QED) is 0.565. The molecule has 1 saturated heterocycles. The number of hydrogen-bond acceptors (Lipinski definition) is 4. The van der Waals surface area contributed by atoms with Gasteiger partial charge in [-0.25, -0.2) is 13.2 Å². The van der Waals surface area contributed by atoms with Crippen LogP contribution < -0.4 is 15.8 Å². The van der Waals surface area contributed by atoms with Gasteiger partial charge in [0.25, 0.3) is 5.91 Å². The lowest BCUT2D eigenvalue weighted by Gasteiger charge is -2.29. The maximum atomic E-state index is 14.6. The van der Waals surface area contributed by atoms with Crippen molar-refractivity contribution in [1.29, 1.82) is 0 Å². The second kappa shape index (κ2) is 8.75. The van der Waals surface area contributed by atoms with E-state index >= 15 is 0 Å². The zero-order chi connectivity index (χ0) is 21.1. The molecule has 0 atom stereocenters. The zero-order valence-corrected chi connectivity index (χ0v) is 16.4. The number of nitrogens with zero attached hydrogens (tertiary/aromatic N) is 1. The van der Waals surface area contributed by atoms with E-state index < -0.39 is 23.4 Å². The number of carbonyl (C=O) groups is 1. The normalized spacial score (nSPS) is 13.9. The fourth-order valence-corrected chi connectivity index (χ4v) is 3.24. The molecule has 2 N–H and O–H groups in total. The summed E-state index contributed by atoms with van der Waals surface area (Å²) in [5, 5.41) is -0.245. The van der Waals surface area contributed by atoms with Gasteiger partial charge >= 0.3 is 0 Å². The van der Waals surface area contributed by atoms with E-state index in [1.54, 1.807) is 13.0 Å². The first-order chi connectivity index (χ1) is 13.8. The average Bonchev–Trinajstić information content (AvgIpc) is 2.70. The monoisotopic (exact) mass is 425 g/mol. The second-order valence-electron chi connectivity index (χ2n) is 6.52. The Hall–Kier alpha value is -2.71. The Labute approximate surface area is 171 Å². The summed E-state index contributed by atoms with van der Waals surface area (Å²) in [5.41, 5.74) is 6.49. The third-order valence-corrected chi connectivity index (χ3v) is 4.86. The number of halogens is 4. The van der Waals surface area contributed by atoms with E-state index in [1.165, 1.54) is 6.07 Å². The molecule has 2 aromatic rings. The summed E-state index contributed by atoms with van der Waals surface area (Å²) in [6.07, 6.45) is 0. The Morgan fingerprint density at radius 2 is 1.66 bits per heavy atom. The van der Waals surface area contributed by atoms with Gasteiger partial charge in [-0.05, 0) is 36.8 Å². The summed E-state index contributed by atoms with van der Waals surface area (Å²) in [4.78, 5) is 14.1. The number of amides is 1. The van der Waals surface area contributed by atoms with Gasteiger partial charge in [0, 0.05) is 18.7 Å². The molecular formula is C20H19ClF3N3O2. The van der Waals surface area contributed by atoms with E-state index in [0.717, 1.165) is 5.56 Å². The zero-order valence-electron chi connectivity index (χ0n) is 15.6. The molecule has 9 heteroatoms. The first kappa shape index (κ1) is 21.0. The van der Waals surface area contributed by atoms with Crippen molar-refractivity contribution < 1.29 is 22.7 Å². The number of anilines is 1. The highest BCUT2D eigenvalue weighted by Gasteiger charge is 2.19. The number of morpholine rings is 1. The highest BCUT2D eigenvalue weighted by atomic mass is 35.5. The van der Waals surface area contributed by atoms with Crippen molar-refractivity contribution in [3.05, 3.63) is 70.0 Å². The van der Waals surface area contributed by atoms with Gasteiger partial charge in [0.1, 0.15) is 5.82 Å². The van der Waals surface area contributed by atoms with Gasteiger partial charge in [0.05, 0.1) is 35.2 Å². The molecule has 0 radical (unpaired) electrons. The predicted molar refractivity (Wildman–Crippen MR) is 105 cm³/mol. The van der Waals surface area contributed by atoms with Gasteiger partial charge in [-0.15, -0.1) is 0 Å². The number of rotatable bonds is 5. The number of ether oxygens (including phenoxy) is 1. The molecule has 154 valence electrons. The summed E-state index contributed by atoms with van der Waals surface area (Å²) in [5.74, 6) is -3.58. The topological polar surface area (TPSA) is 53.6 Å². The van der Waals surface area contributed by atoms with Crippen molar-refractivity contribution in [3.63, 3.8) is 0 Å². The van der Waals surface area contributed by atoms with Gasteiger partial charge in [-0.3, -0.25) is 15.6 Å². The molecular weight excluding hydrogens is 407 g/mol. The molecule has 0 aliphatic carbocycles. The fourth-order valence-electron chi connectivity index (χ4n) is 3.00. The molecule has 0 saturated carbocycles. The largest absolute Gasteiger partial charge is 0.378 e. The first-order valence-electron chi connectivity index (χ1n) is 8.81. The molecule has 1 amide bonds. The molecule has 5 nitrogen and oxygen atoms in total. The van der Waals surface area contributed by atoms with Crippen molar-refractivity contribution in [2.24, 2.45) is 0 Å². The van der Waals surface area contributed by atoms with E-state index in [0.29, 0.717) is 49.7 Å². The van der Waals surface area contributed by atoms with E-state index in [2.05, 4.69) is 17.4 Å². The maximum absolute atomic E-state index is 14.6. The standard InChI is InChI=1S/C20H19ClF3N3O2/c1-11-7-19(27-3-5-29-6-4-27)18(24)8-13(11)12(2)25-26-20(28)14-9-16(22)17(23)10-15(14)21/h7-10,25H,2-6H2,1H3,(H,26,28). The molecule has 1 heterocycles. The van der Waals surface area contributed by atoms with Crippen LogP contribution in [0, 0.1) is 24.4 Å². The molecule has 1 aliphatic rings. The van der Waals surface area contributed by atoms with E-state index in [1.807, 2.05) is 4.90 Å². The minimum absolute atomic E-state index is 0.224. The molecule has 0 aromatic heterocycles. The van der Waals surface area contributed by atoms with Crippen molar-refractivity contribution in [2.75, 3.05) is 31.2 Å². The van der Waals surface area contributed by atoms with Crippen LogP contribution in [0.1, 0.15) is 21.5 Å². The van der Waals surface area contributed by atoms with Gasteiger partial charge < -0.3 is 9.64 Å². The number of hydrogen-bond donors (Lipinski definition) is 2. The SMILES string of the molecule is C=C(NNC(=O)c1cc(F)c(F)cc1Cl)c1cc(F)c(N2CCOCC2)cc1C. The Morgan fingerprint density at radius 1 is 1.03 bits per heavy atom. The second-order valence-corrected chi connectivity index (χ2v) is 6.93. The lowest BCUT2D eigenvalue weighted by molar-refractivity contribution is 0.0942. The number of hydrazine groups is 1. The van der Waals surface area contributed by atoms with Gasteiger partial charge in [0.2, 0.25) is 0 Å². The molecule has 29 heavy (non-hydrogen) atoms. The molecule has 1 aliphatic heterocycles. The third-order valence-electron chi connectivity index (χ3n) is 4.55. The van der Waals surface area contributed by atoms with Gasteiger partial charge in [-0.1, -0.05) is 18.2 Å². The van der Waals surface area contributed by atoms with Crippen LogP contribution in [-0.4, -0.2) is 32.2 Å². The Kier molecular flexibility index (Phi) is 6.34. The van der Waals surface area contributed by atoms with Crippen LogP contribution in [0.25, 0.3) is 5.70 Å². The number of nitrogens with one attached hydrogen (secondary N) is 2. The van der Waals surface area contributed by atoms with Crippen molar-refractivity contribution in [2.45, 2.75) is 6.92 Å². The predicted octanol–water partition coefficient (Wildman–Crippen LogP) is 3.81. The van der Waals surface area contributed by atoms with Gasteiger partial charge in [0.15, 0.2) is 11.6 Å². The average molecular weight is 426 g/mol. The number of benzene rings is 2. The third kappa shape index (κ3) is 4.65. The number of aryl methyl sites for hydroxylation is 1. The number of carbonyl (C=O) groups excluding carboxylic acids is 1. The minimum Gasteiger partial charge on any atom is -0.378 e. The Morgan fingerprint density at radius 3 is 2.34 bits per heavy atom. The van der Waals surface area contributed by atoms with E-state index in [-0.39, 0.29) is 16.3 Å². The van der Waals surface area contributed by atoms with Crippen molar-refractivity contribution in [3.8, 4) is 0 Å². The summed E-state index contributed by atoms with van der Waals surface area (Å²) in [7, 11) is 0. The van der Waals surface area contributed by atoms with Crippen LogP contribution in [0.15, 0.2) is 30.8 Å². The molecule has 3 rings (SSSR count). The molecule has 1 fully saturated rings. The fraction of sp³-hybridized carbons (Fsp3) is 0.250. The highest BCUT2D eigenvalue weighted by Crippen LogP contribution is 2.27. The minimum atomic E-state index is -1.20. The van der Waals surface area contributed by atoms with E-state index in [4.69, 9.17) is 16.3 Å². The van der Waals surface area contributed by atoms with Crippen molar-refractivity contribution in [1.82, 2.24) is 10.9 Å².